The van der Waals surface area contributed by atoms with Crippen molar-refractivity contribution in [1.82, 2.24) is 0 Å². The summed E-state index contributed by atoms with van der Waals surface area (Å²) in [5.74, 6) is 0.667. The topological polar surface area (TPSA) is 26.3 Å². The van der Waals surface area contributed by atoms with Gasteiger partial charge in [0.2, 0.25) is 0 Å². The van der Waals surface area contributed by atoms with Crippen molar-refractivity contribution in [2.45, 2.75) is 19.4 Å². The Balaban J connectivity index is 2.60. The van der Waals surface area contributed by atoms with Gasteiger partial charge in [0, 0.05) is 17.2 Å². The largest absolute Gasteiger partial charge is 0.482 e. The molecule has 0 spiro atoms. The molecule has 0 amide bonds. The maximum absolute atomic E-state index is 10.4. The van der Waals surface area contributed by atoms with Crippen molar-refractivity contribution in [2.75, 3.05) is 0 Å². The molecule has 0 radical (unpaired) electrons. The second-order valence-corrected chi connectivity index (χ2v) is 3.82. The van der Waals surface area contributed by atoms with E-state index >= 15 is 0 Å². The molecule has 0 N–H and O–H groups in total. The van der Waals surface area contributed by atoms with Crippen molar-refractivity contribution in [3.05, 3.63) is 41.5 Å². The summed E-state index contributed by atoms with van der Waals surface area (Å²) in [7, 11) is 0. The fraction of sp³-hybridized carbons (Fsp3) is 0.250. The molecular formula is C12H12O2. The lowest BCUT2D eigenvalue weighted by molar-refractivity contribution is -0.104. The lowest BCUT2D eigenvalue weighted by Crippen LogP contribution is -2.14. The molecule has 0 unspecified atom stereocenters. The van der Waals surface area contributed by atoms with Crippen LogP contribution in [0.5, 0.6) is 0 Å². The Morgan fingerprint density at radius 2 is 2.00 bits per heavy atom. The van der Waals surface area contributed by atoms with Crippen molar-refractivity contribution in [3.8, 4) is 0 Å². The van der Waals surface area contributed by atoms with Gasteiger partial charge in [-0.2, -0.15) is 0 Å². The first-order valence-corrected chi connectivity index (χ1v) is 4.59. The highest BCUT2D eigenvalue weighted by Gasteiger charge is 2.34. The zero-order valence-electron chi connectivity index (χ0n) is 8.28. The summed E-state index contributed by atoms with van der Waals surface area (Å²) in [4.78, 5) is 10.4. The van der Waals surface area contributed by atoms with Gasteiger partial charge < -0.3 is 4.74 Å². The molecule has 1 aliphatic rings. The van der Waals surface area contributed by atoms with E-state index in [9.17, 15) is 4.79 Å². The summed E-state index contributed by atoms with van der Waals surface area (Å²) < 4.78 is 5.69. The Morgan fingerprint density at radius 3 is 2.71 bits per heavy atom. The number of rotatable bonds is 1. The lowest BCUT2D eigenvalue weighted by Gasteiger charge is -2.18. The van der Waals surface area contributed by atoms with Crippen LogP contribution in [0.2, 0.25) is 0 Å². The molecule has 0 saturated heterocycles. The highest BCUT2D eigenvalue weighted by molar-refractivity contribution is 5.81. The van der Waals surface area contributed by atoms with E-state index in [1.54, 1.807) is 0 Å². The van der Waals surface area contributed by atoms with E-state index < -0.39 is 0 Å². The maximum atomic E-state index is 10.4. The van der Waals surface area contributed by atoms with Crippen molar-refractivity contribution in [1.29, 1.82) is 0 Å². The van der Waals surface area contributed by atoms with E-state index in [-0.39, 0.29) is 5.60 Å². The van der Waals surface area contributed by atoms with Crippen LogP contribution < -0.4 is 0 Å². The molecule has 14 heavy (non-hydrogen) atoms. The second kappa shape index (κ2) is 2.98. The summed E-state index contributed by atoms with van der Waals surface area (Å²) in [5.41, 5.74) is 1.82. The fourth-order valence-electron chi connectivity index (χ4n) is 1.79. The fourth-order valence-corrected chi connectivity index (χ4v) is 1.79. The number of hydrogen-bond donors (Lipinski definition) is 0. The van der Waals surface area contributed by atoms with Gasteiger partial charge in [-0.3, -0.25) is 4.79 Å². The Labute approximate surface area is 83.2 Å². The number of benzene rings is 1. The van der Waals surface area contributed by atoms with Gasteiger partial charge in [-0.1, -0.05) is 24.3 Å². The SMILES string of the molecule is CC1(C)O/C(=C/C=O)c2ccccc21. The molecule has 72 valence electrons. The van der Waals surface area contributed by atoms with Crippen molar-refractivity contribution in [2.24, 2.45) is 0 Å². The molecule has 1 aliphatic heterocycles. The third-order valence-electron chi connectivity index (χ3n) is 2.43. The molecule has 0 bridgehead atoms. The predicted octanol–water partition coefficient (Wildman–Crippen LogP) is 2.49. The Bertz CT molecular complexity index is 403. The molecule has 1 aromatic carbocycles. The molecule has 2 heteroatoms. The monoisotopic (exact) mass is 188 g/mol. The Morgan fingerprint density at radius 1 is 1.29 bits per heavy atom. The van der Waals surface area contributed by atoms with Crippen LogP contribution in [0.4, 0.5) is 0 Å². The summed E-state index contributed by atoms with van der Waals surface area (Å²) in [5, 5.41) is 0. The first-order valence-electron chi connectivity index (χ1n) is 4.59. The minimum Gasteiger partial charge on any atom is -0.482 e. The summed E-state index contributed by atoms with van der Waals surface area (Å²) in [6, 6.07) is 7.93. The van der Waals surface area contributed by atoms with E-state index in [1.165, 1.54) is 6.08 Å². The third-order valence-corrected chi connectivity index (χ3v) is 2.43. The minimum atomic E-state index is -0.328. The molecule has 0 atom stereocenters. The molecule has 0 aromatic heterocycles. The minimum absolute atomic E-state index is 0.328. The molecule has 0 aliphatic carbocycles. The zero-order chi connectivity index (χ0) is 10.2. The lowest BCUT2D eigenvalue weighted by atomic mass is 9.96. The van der Waals surface area contributed by atoms with Gasteiger partial charge in [0.05, 0.1) is 0 Å². The van der Waals surface area contributed by atoms with Crippen molar-refractivity contribution < 1.29 is 9.53 Å². The van der Waals surface area contributed by atoms with Crippen LogP contribution in [-0.2, 0) is 15.1 Å². The van der Waals surface area contributed by atoms with Crippen LogP contribution in [0.25, 0.3) is 5.76 Å². The standard InChI is InChI=1S/C12H12O2/c1-12(2)10-6-4-3-5-9(10)11(14-12)7-8-13/h3-8H,1-2H3/b11-7+. The number of hydrogen-bond acceptors (Lipinski definition) is 2. The van der Waals surface area contributed by atoms with Crippen molar-refractivity contribution >= 4 is 12.0 Å². The van der Waals surface area contributed by atoms with Crippen LogP contribution >= 0.6 is 0 Å². The quantitative estimate of drug-likeness (QED) is 0.500. The summed E-state index contributed by atoms with van der Waals surface area (Å²) >= 11 is 0. The van der Waals surface area contributed by atoms with E-state index in [2.05, 4.69) is 0 Å². The number of carbonyl (C=O) groups excluding carboxylic acids is 1. The molecule has 0 saturated carbocycles. The van der Waals surface area contributed by atoms with E-state index in [1.807, 2.05) is 38.1 Å². The smallest absolute Gasteiger partial charge is 0.146 e. The normalized spacial score (nSPS) is 20.3. The number of fused-ring (bicyclic) bond motifs is 1. The average molecular weight is 188 g/mol. The highest BCUT2D eigenvalue weighted by Crippen LogP contribution is 2.41. The van der Waals surface area contributed by atoms with E-state index in [0.717, 1.165) is 17.4 Å². The Hall–Kier alpha value is -1.57. The number of aldehydes is 1. The van der Waals surface area contributed by atoms with Crippen LogP contribution in [-0.4, -0.2) is 6.29 Å². The van der Waals surface area contributed by atoms with Crippen LogP contribution in [0.15, 0.2) is 30.3 Å². The molecule has 0 fully saturated rings. The first kappa shape index (κ1) is 9.00. The molecule has 2 nitrogen and oxygen atoms in total. The second-order valence-electron chi connectivity index (χ2n) is 3.82. The van der Waals surface area contributed by atoms with Gasteiger partial charge in [0.25, 0.3) is 0 Å². The van der Waals surface area contributed by atoms with E-state index in [4.69, 9.17) is 4.74 Å². The zero-order valence-corrected chi connectivity index (χ0v) is 8.28. The molecular weight excluding hydrogens is 176 g/mol. The van der Waals surface area contributed by atoms with Crippen LogP contribution in [0, 0.1) is 0 Å². The first-order chi connectivity index (χ1) is 6.65. The third kappa shape index (κ3) is 1.23. The van der Waals surface area contributed by atoms with Crippen LogP contribution in [0.1, 0.15) is 25.0 Å². The Kier molecular flexibility index (Phi) is 1.92. The van der Waals surface area contributed by atoms with Gasteiger partial charge >= 0.3 is 0 Å². The summed E-state index contributed by atoms with van der Waals surface area (Å²) in [6.07, 6.45) is 2.22. The van der Waals surface area contributed by atoms with Crippen molar-refractivity contribution in [3.63, 3.8) is 0 Å². The summed E-state index contributed by atoms with van der Waals surface area (Å²) in [6.45, 7) is 3.99. The van der Waals surface area contributed by atoms with Gasteiger partial charge in [-0.15, -0.1) is 0 Å². The van der Waals surface area contributed by atoms with Gasteiger partial charge in [0.15, 0.2) is 0 Å². The molecule has 1 aromatic rings. The highest BCUT2D eigenvalue weighted by atomic mass is 16.5. The molecule has 2 rings (SSSR count). The van der Waals surface area contributed by atoms with E-state index in [0.29, 0.717) is 5.76 Å². The number of allylic oxidation sites excluding steroid dienone is 1. The van der Waals surface area contributed by atoms with Gasteiger partial charge in [-0.25, -0.2) is 0 Å². The van der Waals surface area contributed by atoms with Crippen LogP contribution in [0.3, 0.4) is 0 Å². The molecule has 1 heterocycles. The maximum Gasteiger partial charge on any atom is 0.146 e. The predicted molar refractivity (Wildman–Crippen MR) is 54.6 cm³/mol. The number of carbonyl (C=O) groups is 1. The van der Waals surface area contributed by atoms with Gasteiger partial charge in [-0.05, 0) is 13.8 Å². The average Bonchev–Trinajstić information content (AvgIpc) is 2.41. The van der Waals surface area contributed by atoms with Gasteiger partial charge in [0.1, 0.15) is 17.6 Å². The number of ether oxygens (including phenoxy) is 1.